The third kappa shape index (κ3) is 2.01. The van der Waals surface area contributed by atoms with E-state index in [1.165, 1.54) is 16.4 Å². The Bertz CT molecular complexity index is 778. The van der Waals surface area contributed by atoms with Gasteiger partial charge in [0.15, 0.2) is 5.78 Å². The molecule has 0 aromatic rings. The van der Waals surface area contributed by atoms with Crippen LogP contribution in [0.3, 0.4) is 0 Å². The quantitative estimate of drug-likeness (QED) is 0.267. The van der Waals surface area contributed by atoms with Crippen LogP contribution in [0.2, 0.25) is 0 Å². The minimum absolute atomic E-state index is 0.0243. The highest BCUT2D eigenvalue weighted by atomic mass is 33.1. The van der Waals surface area contributed by atoms with Crippen molar-refractivity contribution in [3.8, 4) is 0 Å². The second-order valence-electron chi connectivity index (χ2n) is 10.4. The summed E-state index contributed by atoms with van der Waals surface area (Å²) in [5.41, 5.74) is 1.34. The van der Waals surface area contributed by atoms with Crippen molar-refractivity contribution in [2.24, 2.45) is 33.5 Å². The van der Waals surface area contributed by atoms with Crippen molar-refractivity contribution >= 4 is 28.2 Å². The summed E-state index contributed by atoms with van der Waals surface area (Å²) in [5, 5.41) is 20.9. The van der Waals surface area contributed by atoms with E-state index in [1.807, 2.05) is 6.08 Å². The van der Waals surface area contributed by atoms with Gasteiger partial charge in [0.25, 0.3) is 0 Å². The monoisotopic (exact) mass is 420 g/mol. The Morgan fingerprint density at radius 3 is 2.86 bits per heavy atom. The van der Waals surface area contributed by atoms with Crippen molar-refractivity contribution in [1.29, 1.82) is 0 Å². The van der Waals surface area contributed by atoms with E-state index in [9.17, 15) is 15.0 Å². The maximum absolute atomic E-state index is 12.2. The van der Waals surface area contributed by atoms with Crippen molar-refractivity contribution in [2.45, 2.75) is 76.8 Å². The lowest BCUT2D eigenvalue weighted by atomic mass is 9.54. The Kier molecular flexibility index (Phi) is 4.33. The van der Waals surface area contributed by atoms with Gasteiger partial charge in [-0.15, -0.1) is 11.7 Å². The van der Waals surface area contributed by atoms with Gasteiger partial charge in [0.1, 0.15) is 5.44 Å². The van der Waals surface area contributed by atoms with Gasteiger partial charge in [-0.25, -0.2) is 0 Å². The van der Waals surface area contributed by atoms with Crippen molar-refractivity contribution in [3.05, 3.63) is 23.8 Å². The number of aliphatic hydroxyl groups excluding tert-OH is 2. The summed E-state index contributed by atoms with van der Waals surface area (Å²) in [6, 6.07) is 0. The summed E-state index contributed by atoms with van der Waals surface area (Å²) in [6.07, 6.45) is 13.8. The number of aliphatic hydroxyl groups is 2. The molecular weight excluding hydrogens is 388 g/mol. The van der Waals surface area contributed by atoms with Crippen molar-refractivity contribution in [2.75, 3.05) is 0 Å². The lowest BCUT2D eigenvalue weighted by Crippen LogP contribution is -2.42. The third-order valence-electron chi connectivity index (χ3n) is 9.95. The molecule has 0 amide bonds. The van der Waals surface area contributed by atoms with Gasteiger partial charge < -0.3 is 10.2 Å². The first-order valence-electron chi connectivity index (χ1n) is 10.8. The minimum atomic E-state index is -0.479. The zero-order chi connectivity index (χ0) is 19.9. The van der Waals surface area contributed by atoms with Crippen molar-refractivity contribution < 1.29 is 15.0 Å². The van der Waals surface area contributed by atoms with Gasteiger partial charge in [-0.05, 0) is 72.7 Å². The van der Waals surface area contributed by atoms with Crippen LogP contribution < -0.4 is 0 Å². The van der Waals surface area contributed by atoms with E-state index in [-0.39, 0.29) is 27.8 Å². The molecule has 0 radical (unpaired) electrons. The van der Waals surface area contributed by atoms with E-state index in [2.05, 4.69) is 37.7 Å². The van der Waals surface area contributed by atoms with Crippen LogP contribution >= 0.6 is 22.5 Å². The van der Waals surface area contributed by atoms with E-state index < -0.39 is 5.44 Å². The Balaban J connectivity index is 1.61. The predicted octanol–water partition coefficient (Wildman–Crippen LogP) is 4.70. The summed E-state index contributed by atoms with van der Waals surface area (Å²) in [5.74, 6) is 1.37. The Labute approximate surface area is 177 Å². The van der Waals surface area contributed by atoms with Gasteiger partial charge in [-0.3, -0.25) is 4.79 Å². The number of ketones is 1. The van der Waals surface area contributed by atoms with Crippen LogP contribution in [0.25, 0.3) is 0 Å². The summed E-state index contributed by atoms with van der Waals surface area (Å²) in [7, 11) is 1.18. The maximum atomic E-state index is 12.2. The number of thiol groups is 1. The van der Waals surface area contributed by atoms with Crippen LogP contribution in [-0.4, -0.2) is 27.5 Å². The van der Waals surface area contributed by atoms with E-state index in [0.29, 0.717) is 30.5 Å². The first-order chi connectivity index (χ1) is 13.3. The molecule has 5 aliphatic rings. The summed E-state index contributed by atoms with van der Waals surface area (Å²) >= 11 is 4.12. The second kappa shape index (κ2) is 6.15. The van der Waals surface area contributed by atoms with E-state index in [4.69, 9.17) is 0 Å². The van der Waals surface area contributed by atoms with Crippen LogP contribution in [-0.2, 0) is 4.79 Å². The van der Waals surface area contributed by atoms with Gasteiger partial charge >= 0.3 is 0 Å². The molecule has 8 unspecified atom stereocenters. The highest BCUT2D eigenvalue weighted by Crippen LogP contribution is 2.97. The SMILES string of the molecule is CC12CCC(=O)C=C1CCC1C34CCC(O)C3(C)CC(/C=C/CC(O)SS)C124. The fourth-order valence-electron chi connectivity index (χ4n) is 9.15. The number of carbonyl (C=O) groups is 1. The van der Waals surface area contributed by atoms with E-state index >= 15 is 0 Å². The fourth-order valence-corrected chi connectivity index (χ4v) is 9.60. The predicted molar refractivity (Wildman–Crippen MR) is 116 cm³/mol. The highest BCUT2D eigenvalue weighted by Gasteiger charge is 2.93. The molecule has 0 aromatic carbocycles. The molecule has 2 N–H and O–H groups in total. The molecule has 5 rings (SSSR count). The van der Waals surface area contributed by atoms with Crippen LogP contribution in [0.1, 0.15) is 65.2 Å². The molecular formula is C23H32O3S2. The zero-order valence-electron chi connectivity index (χ0n) is 16.9. The molecule has 0 heterocycles. The van der Waals surface area contributed by atoms with Crippen LogP contribution in [0.15, 0.2) is 23.8 Å². The molecule has 0 aromatic heterocycles. The Morgan fingerprint density at radius 2 is 2.11 bits per heavy atom. The standard InChI is InChI=1S/C23H32O3S2/c1-20-10-8-16(24)12-14(20)6-7-17-22-11-9-18(25)21(22,2)13-15(23(17,20)22)4-3-5-19(26)28-27/h3-4,12,15,17-19,25-27H,5-11,13H2,1-2H3/b4-3+. The van der Waals surface area contributed by atoms with Crippen LogP contribution in [0, 0.1) is 33.5 Å². The average molecular weight is 421 g/mol. The van der Waals surface area contributed by atoms with E-state index in [1.54, 1.807) is 0 Å². The molecule has 28 heavy (non-hydrogen) atoms. The maximum Gasteiger partial charge on any atom is 0.155 e. The molecule has 0 saturated heterocycles. The molecule has 3 nitrogen and oxygen atoms in total. The molecule has 5 aliphatic carbocycles. The van der Waals surface area contributed by atoms with Crippen molar-refractivity contribution in [3.63, 3.8) is 0 Å². The lowest BCUT2D eigenvalue weighted by Gasteiger charge is -2.49. The molecule has 8 atom stereocenters. The fraction of sp³-hybridized carbons (Fsp3) is 0.783. The van der Waals surface area contributed by atoms with Gasteiger partial charge in [-0.1, -0.05) is 42.4 Å². The van der Waals surface area contributed by atoms with Crippen LogP contribution in [0.4, 0.5) is 0 Å². The number of fused-ring (bicyclic) bond motifs is 1. The summed E-state index contributed by atoms with van der Waals surface area (Å²) in [4.78, 5) is 12.2. The average Bonchev–Trinajstić information content (AvgIpc) is 3.12. The van der Waals surface area contributed by atoms with Crippen LogP contribution in [0.5, 0.6) is 0 Å². The number of carbonyl (C=O) groups excluding carboxylic acids is 1. The van der Waals surface area contributed by atoms with Gasteiger partial charge in [0.05, 0.1) is 6.10 Å². The van der Waals surface area contributed by atoms with Gasteiger partial charge in [0.2, 0.25) is 0 Å². The molecule has 5 heteroatoms. The molecule has 154 valence electrons. The number of rotatable bonds is 4. The number of hydrogen-bond acceptors (Lipinski definition) is 5. The Hall–Kier alpha value is -0.230. The molecule has 0 aliphatic heterocycles. The molecule has 0 bridgehead atoms. The van der Waals surface area contributed by atoms with Gasteiger partial charge in [0, 0.05) is 18.3 Å². The molecule has 4 saturated carbocycles. The van der Waals surface area contributed by atoms with Gasteiger partial charge in [-0.2, -0.15) is 0 Å². The Morgan fingerprint density at radius 1 is 1.32 bits per heavy atom. The zero-order valence-corrected chi connectivity index (χ0v) is 18.6. The third-order valence-corrected chi connectivity index (χ3v) is 11.1. The normalized spacial score (nSPS) is 52.7. The first kappa shape index (κ1) is 19.7. The smallest absolute Gasteiger partial charge is 0.155 e. The highest BCUT2D eigenvalue weighted by molar-refractivity contribution is 8.68. The number of allylic oxidation sites excluding steroid dienone is 2. The van der Waals surface area contributed by atoms with E-state index in [0.717, 1.165) is 38.5 Å². The largest absolute Gasteiger partial charge is 0.393 e. The molecule has 4 fully saturated rings. The topological polar surface area (TPSA) is 57.5 Å². The second-order valence-corrected chi connectivity index (χ2v) is 11.8. The molecule has 2 spiro atoms. The lowest BCUT2D eigenvalue weighted by molar-refractivity contribution is -0.116. The first-order valence-corrected chi connectivity index (χ1v) is 12.8. The minimum Gasteiger partial charge on any atom is -0.393 e. The van der Waals surface area contributed by atoms with Crippen molar-refractivity contribution in [1.82, 2.24) is 0 Å². The summed E-state index contributed by atoms with van der Waals surface area (Å²) in [6.45, 7) is 4.78. The summed E-state index contributed by atoms with van der Waals surface area (Å²) < 4.78 is 0. The number of hydrogen-bond donors (Lipinski definition) is 3.